The van der Waals surface area contributed by atoms with Gasteiger partial charge in [0.2, 0.25) is 0 Å². The molecule has 0 aromatic rings. The topological polar surface area (TPSA) is 83.5 Å². The average Bonchev–Trinajstić information content (AvgIpc) is 1.60. The van der Waals surface area contributed by atoms with Gasteiger partial charge in [-0.05, 0) is 0 Å². The van der Waals surface area contributed by atoms with E-state index in [1.165, 1.54) is 0 Å². The molecule has 0 radical (unpaired) electrons. The van der Waals surface area contributed by atoms with Crippen molar-refractivity contribution in [3.8, 4) is 0 Å². The molecule has 0 aliphatic carbocycles. The summed E-state index contributed by atoms with van der Waals surface area (Å²) in [5.74, 6) is -0.950. The van der Waals surface area contributed by atoms with Crippen molar-refractivity contribution in [2.75, 3.05) is 0 Å². The molecule has 1 unspecified atom stereocenters. The Bertz CT molecular complexity index is 136. The van der Waals surface area contributed by atoms with Gasteiger partial charge in [0.1, 0.15) is 6.23 Å². The molecule has 5 heteroatoms. The molecule has 0 bridgehead atoms. The van der Waals surface area contributed by atoms with Crippen molar-refractivity contribution in [2.45, 2.75) is 26.5 Å². The number of nitrogens with two attached hydrogens (primary N) is 1. The fourth-order valence-electron chi connectivity index (χ4n) is 0.494. The van der Waals surface area contributed by atoms with E-state index >= 15 is 0 Å². The van der Waals surface area contributed by atoms with E-state index in [1.807, 2.05) is 0 Å². The molecule has 0 rings (SSSR count). The number of hydrogen-bond acceptors (Lipinski definition) is 3. The van der Waals surface area contributed by atoms with E-state index in [1.54, 1.807) is 13.8 Å². The van der Waals surface area contributed by atoms with E-state index < -0.39 is 17.6 Å². The molecule has 4 N–H and O–H groups in total. The smallest absolute Gasteiger partial charge is 0.304 e. The summed E-state index contributed by atoms with van der Waals surface area (Å²) >= 11 is 0. The van der Waals surface area contributed by atoms with Crippen molar-refractivity contribution in [1.82, 2.24) is 0 Å². The average molecular weight is 254 g/mol. The number of aliphatic carboxylic acids is 1. The third-order valence-electron chi connectivity index (χ3n) is 1.41. The summed E-state index contributed by atoms with van der Waals surface area (Å²) in [4.78, 5) is 10.2. The van der Waals surface area contributed by atoms with Crippen molar-refractivity contribution in [3.05, 3.63) is 0 Å². The van der Waals surface area contributed by atoms with Gasteiger partial charge in [0.05, 0.1) is 6.42 Å². The molecule has 0 aromatic carbocycles. The molecule has 0 saturated carbocycles. The van der Waals surface area contributed by atoms with Gasteiger partial charge in [-0.25, -0.2) is 0 Å². The number of carboxylic acid groups (broad SMARTS) is 1. The minimum Gasteiger partial charge on any atom is -0.481 e. The largest absolute Gasteiger partial charge is 0.481 e. The predicted molar refractivity (Wildman–Crippen MR) is 36.2 cm³/mol. The molecule has 70 valence electrons. The molecule has 0 aliphatic heterocycles. The molecular weight excluding hydrogens is 240 g/mol. The van der Waals surface area contributed by atoms with Crippen LogP contribution < -0.4 is 5.73 Å². The van der Waals surface area contributed by atoms with E-state index in [2.05, 4.69) is 0 Å². The Morgan fingerprint density at radius 3 is 2.09 bits per heavy atom. The minimum absolute atomic E-state index is 0. The first-order chi connectivity index (χ1) is 4.36. The van der Waals surface area contributed by atoms with Crippen LogP contribution in [0.4, 0.5) is 0 Å². The summed E-state index contributed by atoms with van der Waals surface area (Å²) < 4.78 is 0. The zero-order valence-electron chi connectivity index (χ0n) is 6.48. The quantitative estimate of drug-likeness (QED) is 0.479. The number of aliphatic hydroxyl groups excluding tert-OH is 1. The Balaban J connectivity index is 0. The van der Waals surface area contributed by atoms with Gasteiger partial charge in [0.15, 0.2) is 0 Å². The summed E-state index contributed by atoms with van der Waals surface area (Å²) in [5.41, 5.74) is 4.37. The third-order valence-corrected chi connectivity index (χ3v) is 1.41. The maximum absolute atomic E-state index is 10.2. The fraction of sp³-hybridized carbons (Fsp3) is 0.833. The van der Waals surface area contributed by atoms with Gasteiger partial charge in [-0.1, -0.05) is 13.8 Å². The molecule has 0 aliphatic rings. The summed E-state index contributed by atoms with van der Waals surface area (Å²) in [6.45, 7) is 3.21. The molecule has 0 amide bonds. The Labute approximate surface area is 79.4 Å². The summed E-state index contributed by atoms with van der Waals surface area (Å²) in [7, 11) is 0. The van der Waals surface area contributed by atoms with Crippen LogP contribution in [-0.2, 0) is 25.2 Å². The molecule has 0 spiro atoms. The predicted octanol–water partition coefficient (Wildman–Crippen LogP) is -0.238. The SMILES string of the molecule is CC(C)(CC(=O)O)C(N)O.[Pd]. The molecule has 0 fully saturated rings. The zero-order valence-corrected chi connectivity index (χ0v) is 8.04. The zero-order chi connectivity index (χ0) is 8.36. The Kier molecular flexibility index (Phi) is 5.99. The van der Waals surface area contributed by atoms with Crippen LogP contribution in [0.15, 0.2) is 0 Å². The summed E-state index contributed by atoms with van der Waals surface area (Å²) in [6.07, 6.45) is -1.20. The standard InChI is InChI=1S/C6H13NO3.Pd/c1-6(2,5(7)10)3-4(8)9;/h5,10H,3,7H2,1-2H3,(H,8,9);. The van der Waals surface area contributed by atoms with E-state index in [0.29, 0.717) is 0 Å². The number of hydrogen-bond donors (Lipinski definition) is 3. The normalized spacial score (nSPS) is 13.5. The third kappa shape index (κ3) is 5.34. The van der Waals surface area contributed by atoms with Crippen LogP contribution in [0.5, 0.6) is 0 Å². The second kappa shape index (κ2) is 4.84. The second-order valence-electron chi connectivity index (χ2n) is 3.00. The molecule has 4 nitrogen and oxygen atoms in total. The first-order valence-electron chi connectivity index (χ1n) is 3.02. The maximum atomic E-state index is 10.2. The maximum Gasteiger partial charge on any atom is 0.304 e. The van der Waals surface area contributed by atoms with Crippen LogP contribution in [0, 0.1) is 5.41 Å². The van der Waals surface area contributed by atoms with Crippen LogP contribution in [0.2, 0.25) is 0 Å². The van der Waals surface area contributed by atoms with E-state index in [4.69, 9.17) is 15.9 Å². The van der Waals surface area contributed by atoms with Crippen molar-refractivity contribution >= 4 is 5.97 Å². The molecule has 0 saturated heterocycles. The number of aliphatic hydroxyl groups is 1. The first-order valence-corrected chi connectivity index (χ1v) is 3.02. The van der Waals surface area contributed by atoms with Crippen LogP contribution >= 0.6 is 0 Å². The van der Waals surface area contributed by atoms with E-state index in [9.17, 15) is 4.79 Å². The second-order valence-corrected chi connectivity index (χ2v) is 3.00. The number of rotatable bonds is 3. The molecule has 0 heterocycles. The van der Waals surface area contributed by atoms with Gasteiger partial charge in [0, 0.05) is 25.8 Å². The van der Waals surface area contributed by atoms with E-state index in [-0.39, 0.29) is 26.8 Å². The molecule has 1 atom stereocenters. The first kappa shape index (κ1) is 13.6. The van der Waals surface area contributed by atoms with Crippen LogP contribution in [0.25, 0.3) is 0 Å². The van der Waals surface area contributed by atoms with Gasteiger partial charge in [-0.15, -0.1) is 0 Å². The number of carboxylic acids is 1. The minimum atomic E-state index is -1.08. The number of carbonyl (C=O) groups is 1. The summed E-state index contributed by atoms with van der Waals surface area (Å²) in [6, 6.07) is 0. The van der Waals surface area contributed by atoms with Crippen molar-refractivity contribution < 1.29 is 35.4 Å². The van der Waals surface area contributed by atoms with Gasteiger partial charge >= 0.3 is 5.97 Å². The summed E-state index contributed by atoms with van der Waals surface area (Å²) in [5, 5.41) is 17.2. The van der Waals surface area contributed by atoms with Gasteiger partial charge < -0.3 is 15.9 Å². The molecular formula is C6H13NO3Pd. The Hall–Kier alpha value is 0.0523. The fourth-order valence-corrected chi connectivity index (χ4v) is 0.494. The van der Waals surface area contributed by atoms with E-state index in [0.717, 1.165) is 0 Å². The van der Waals surface area contributed by atoms with Gasteiger partial charge in [0.25, 0.3) is 0 Å². The van der Waals surface area contributed by atoms with Crippen LogP contribution in [0.1, 0.15) is 20.3 Å². The van der Waals surface area contributed by atoms with Gasteiger partial charge in [-0.3, -0.25) is 4.79 Å². The molecule has 0 aromatic heterocycles. The Morgan fingerprint density at radius 2 is 2.00 bits per heavy atom. The molecule has 11 heavy (non-hydrogen) atoms. The Morgan fingerprint density at radius 1 is 1.64 bits per heavy atom. The van der Waals surface area contributed by atoms with Crippen molar-refractivity contribution in [2.24, 2.45) is 11.1 Å². The van der Waals surface area contributed by atoms with Gasteiger partial charge in [-0.2, -0.15) is 0 Å². The van der Waals surface area contributed by atoms with Crippen LogP contribution in [-0.4, -0.2) is 22.4 Å². The van der Waals surface area contributed by atoms with Crippen molar-refractivity contribution in [1.29, 1.82) is 0 Å². The van der Waals surface area contributed by atoms with Crippen molar-refractivity contribution in [3.63, 3.8) is 0 Å². The monoisotopic (exact) mass is 253 g/mol. The van der Waals surface area contributed by atoms with Crippen LogP contribution in [0.3, 0.4) is 0 Å².